The quantitative estimate of drug-likeness (QED) is 0.617. The molecule has 13 heavy (non-hydrogen) atoms. The lowest BCUT2D eigenvalue weighted by Crippen LogP contribution is -2.33. The third-order valence-electron chi connectivity index (χ3n) is 2.29. The van der Waals surface area contributed by atoms with Crippen LogP contribution >= 0.6 is 31.9 Å². The second kappa shape index (κ2) is 4.78. The van der Waals surface area contributed by atoms with Gasteiger partial charge in [-0.15, -0.1) is 0 Å². The predicted octanol–water partition coefficient (Wildman–Crippen LogP) is 1.88. The Morgan fingerprint density at radius 2 is 2.15 bits per heavy atom. The zero-order chi connectivity index (χ0) is 9.90. The molecule has 0 amide bonds. The van der Waals surface area contributed by atoms with E-state index >= 15 is 0 Å². The van der Waals surface area contributed by atoms with Crippen molar-refractivity contribution in [2.24, 2.45) is 0 Å². The fourth-order valence-corrected chi connectivity index (χ4v) is 2.31. The first-order valence-corrected chi connectivity index (χ1v) is 6.25. The molecule has 0 saturated carbocycles. The highest BCUT2D eigenvalue weighted by molar-refractivity contribution is 9.09. The zero-order valence-corrected chi connectivity index (χ0v) is 10.3. The fraction of sp³-hybridized carbons (Fsp3) is 0.500. The third kappa shape index (κ3) is 2.46. The molecule has 0 aliphatic heterocycles. The number of hydrogen-bond donors (Lipinski definition) is 2. The molecule has 0 spiro atoms. The predicted molar refractivity (Wildman–Crippen MR) is 62.3 cm³/mol. The summed E-state index contributed by atoms with van der Waals surface area (Å²) in [5.74, 6) is 0. The van der Waals surface area contributed by atoms with Crippen LogP contribution in [0.25, 0.3) is 0 Å². The van der Waals surface area contributed by atoms with Crippen LogP contribution in [0.15, 0.2) is 23.8 Å². The van der Waals surface area contributed by atoms with Gasteiger partial charge in [-0.1, -0.05) is 50.1 Å². The normalized spacial score (nSPS) is 27.2. The molecular weight excluding hydrogens is 299 g/mol. The van der Waals surface area contributed by atoms with Gasteiger partial charge in [-0.2, -0.15) is 0 Å². The Labute approximate surface area is 95.1 Å². The van der Waals surface area contributed by atoms with Gasteiger partial charge in [0.1, 0.15) is 0 Å². The first-order chi connectivity index (χ1) is 6.14. The van der Waals surface area contributed by atoms with Crippen LogP contribution in [0.2, 0.25) is 5.31 Å². The Balaban J connectivity index is 2.77. The molecule has 5 heteroatoms. The van der Waals surface area contributed by atoms with E-state index < -0.39 is 12.4 Å². The van der Waals surface area contributed by atoms with Gasteiger partial charge < -0.3 is 10.0 Å². The summed E-state index contributed by atoms with van der Waals surface area (Å²) in [6.45, 7) is 0. The molecule has 1 unspecified atom stereocenters. The average molecular weight is 310 g/mol. The van der Waals surface area contributed by atoms with Crippen molar-refractivity contribution in [1.82, 2.24) is 0 Å². The lowest BCUT2D eigenvalue weighted by atomic mass is 9.56. The smallest absolute Gasteiger partial charge is 0.426 e. The summed E-state index contributed by atoms with van der Waals surface area (Å²) >= 11 is 6.65. The standard InChI is InChI=1S/C8H11BBr2O2/c10-5-7-1-3-8(6-11,4-2-7)9(12)13/h1-3,12-13H,4-6H2. The molecule has 1 aliphatic rings. The van der Waals surface area contributed by atoms with Crippen LogP contribution in [-0.2, 0) is 0 Å². The van der Waals surface area contributed by atoms with Gasteiger partial charge in [0.25, 0.3) is 0 Å². The molecule has 0 radical (unpaired) electrons. The zero-order valence-electron chi connectivity index (χ0n) is 7.08. The van der Waals surface area contributed by atoms with Crippen molar-refractivity contribution in [3.8, 4) is 0 Å². The van der Waals surface area contributed by atoms with Gasteiger partial charge in [-0.25, -0.2) is 0 Å². The highest BCUT2D eigenvalue weighted by atomic mass is 79.9. The van der Waals surface area contributed by atoms with E-state index in [2.05, 4.69) is 31.9 Å². The van der Waals surface area contributed by atoms with E-state index in [1.165, 1.54) is 5.57 Å². The SMILES string of the molecule is OB(O)C1(CBr)C=CC(CBr)=CC1. The lowest BCUT2D eigenvalue weighted by molar-refractivity contribution is 0.367. The molecule has 1 aliphatic carbocycles. The molecule has 0 aromatic rings. The Bertz CT molecular complexity index is 240. The number of rotatable bonds is 3. The summed E-state index contributed by atoms with van der Waals surface area (Å²) in [5.41, 5.74) is 1.18. The van der Waals surface area contributed by atoms with Gasteiger partial charge in [0.15, 0.2) is 0 Å². The van der Waals surface area contributed by atoms with E-state index in [1.54, 1.807) is 0 Å². The highest BCUT2D eigenvalue weighted by Gasteiger charge is 2.39. The molecule has 0 heterocycles. The van der Waals surface area contributed by atoms with Gasteiger partial charge in [-0.3, -0.25) is 0 Å². The summed E-state index contributed by atoms with van der Waals surface area (Å²) in [4.78, 5) is 0. The summed E-state index contributed by atoms with van der Waals surface area (Å²) in [6, 6.07) is 0. The van der Waals surface area contributed by atoms with Crippen LogP contribution in [0.3, 0.4) is 0 Å². The third-order valence-corrected chi connectivity index (χ3v) is 3.98. The maximum atomic E-state index is 9.22. The Kier molecular flexibility index (Phi) is 4.23. The fourth-order valence-electron chi connectivity index (χ4n) is 1.19. The maximum Gasteiger partial charge on any atom is 0.463 e. The number of hydrogen-bond acceptors (Lipinski definition) is 2. The number of alkyl halides is 2. The second-order valence-corrected chi connectivity index (χ2v) is 4.31. The van der Waals surface area contributed by atoms with Crippen LogP contribution in [0, 0.1) is 0 Å². The molecular formula is C8H11BBr2O2. The van der Waals surface area contributed by atoms with Crippen molar-refractivity contribution in [2.75, 3.05) is 10.7 Å². The molecule has 2 N–H and O–H groups in total. The molecule has 0 aromatic heterocycles. The molecule has 1 rings (SSSR count). The number of allylic oxidation sites excluding steroid dienone is 4. The van der Waals surface area contributed by atoms with Crippen molar-refractivity contribution in [1.29, 1.82) is 0 Å². The van der Waals surface area contributed by atoms with E-state index in [1.807, 2.05) is 18.2 Å². The highest BCUT2D eigenvalue weighted by Crippen LogP contribution is 2.40. The van der Waals surface area contributed by atoms with Crippen LogP contribution in [0.1, 0.15) is 6.42 Å². The molecule has 0 fully saturated rings. The molecule has 1 atom stereocenters. The van der Waals surface area contributed by atoms with E-state index in [0.717, 1.165) is 5.33 Å². The first-order valence-electron chi connectivity index (χ1n) is 4.01. The molecule has 2 nitrogen and oxygen atoms in total. The van der Waals surface area contributed by atoms with Crippen LogP contribution < -0.4 is 0 Å². The first kappa shape index (κ1) is 11.5. The van der Waals surface area contributed by atoms with Gasteiger partial charge in [0.05, 0.1) is 0 Å². The van der Waals surface area contributed by atoms with Crippen molar-refractivity contribution in [3.05, 3.63) is 23.8 Å². The Morgan fingerprint density at radius 3 is 2.46 bits per heavy atom. The monoisotopic (exact) mass is 308 g/mol. The van der Waals surface area contributed by atoms with Crippen molar-refractivity contribution in [2.45, 2.75) is 11.7 Å². The summed E-state index contributed by atoms with van der Waals surface area (Å²) in [5, 5.41) is 19.3. The Hall–Kier alpha value is 0.425. The summed E-state index contributed by atoms with van der Waals surface area (Å²) in [7, 11) is -1.31. The molecule has 72 valence electrons. The van der Waals surface area contributed by atoms with E-state index in [9.17, 15) is 10.0 Å². The van der Waals surface area contributed by atoms with Gasteiger partial charge in [0.2, 0.25) is 0 Å². The van der Waals surface area contributed by atoms with Crippen molar-refractivity contribution >= 4 is 39.0 Å². The van der Waals surface area contributed by atoms with Gasteiger partial charge in [0, 0.05) is 16.0 Å². The molecule has 0 saturated heterocycles. The number of halogens is 2. The molecule has 0 aromatic carbocycles. The van der Waals surface area contributed by atoms with Crippen molar-refractivity contribution < 1.29 is 10.0 Å². The minimum atomic E-state index is -1.31. The largest absolute Gasteiger partial charge is 0.463 e. The lowest BCUT2D eigenvalue weighted by Gasteiger charge is -2.28. The topological polar surface area (TPSA) is 40.5 Å². The van der Waals surface area contributed by atoms with E-state index in [0.29, 0.717) is 11.8 Å². The van der Waals surface area contributed by atoms with Crippen LogP contribution in [-0.4, -0.2) is 27.8 Å². The van der Waals surface area contributed by atoms with Crippen LogP contribution in [0.5, 0.6) is 0 Å². The second-order valence-electron chi connectivity index (χ2n) is 3.19. The van der Waals surface area contributed by atoms with Crippen LogP contribution in [0.4, 0.5) is 0 Å². The minimum Gasteiger partial charge on any atom is -0.426 e. The Morgan fingerprint density at radius 1 is 1.46 bits per heavy atom. The summed E-state index contributed by atoms with van der Waals surface area (Å²) in [6.07, 6.45) is 6.48. The molecule has 0 bridgehead atoms. The van der Waals surface area contributed by atoms with E-state index in [4.69, 9.17) is 0 Å². The van der Waals surface area contributed by atoms with Gasteiger partial charge in [-0.05, 0) is 12.0 Å². The van der Waals surface area contributed by atoms with Crippen molar-refractivity contribution in [3.63, 3.8) is 0 Å². The summed E-state index contributed by atoms with van der Waals surface area (Å²) < 4.78 is 0. The van der Waals surface area contributed by atoms with Gasteiger partial charge >= 0.3 is 7.12 Å². The maximum absolute atomic E-state index is 9.22. The average Bonchev–Trinajstić information content (AvgIpc) is 2.17. The minimum absolute atomic E-state index is 0.550. The van der Waals surface area contributed by atoms with E-state index in [-0.39, 0.29) is 0 Å².